The van der Waals surface area contributed by atoms with Crippen molar-refractivity contribution >= 4 is 11.8 Å². The standard InChI is InChI=1S/C14H27N3O2/c1-5-8-16(6-2)9-7-15-12-10-13(18)17(11(3)4)14(12)19/h11-12,15H,5-10H2,1-4H3. The van der Waals surface area contributed by atoms with Crippen LogP contribution in [0, 0.1) is 0 Å². The fraction of sp³-hybridized carbons (Fsp3) is 0.857. The van der Waals surface area contributed by atoms with Crippen LogP contribution < -0.4 is 5.32 Å². The lowest BCUT2D eigenvalue weighted by Crippen LogP contribution is -2.44. The molecule has 1 aliphatic rings. The van der Waals surface area contributed by atoms with E-state index in [9.17, 15) is 9.59 Å². The molecule has 1 unspecified atom stereocenters. The second-order valence-corrected chi connectivity index (χ2v) is 5.34. The van der Waals surface area contributed by atoms with Gasteiger partial charge in [0.25, 0.3) is 0 Å². The highest BCUT2D eigenvalue weighted by molar-refractivity contribution is 6.05. The van der Waals surface area contributed by atoms with Gasteiger partial charge >= 0.3 is 0 Å². The summed E-state index contributed by atoms with van der Waals surface area (Å²) in [5, 5.41) is 3.22. The van der Waals surface area contributed by atoms with Crippen molar-refractivity contribution in [1.82, 2.24) is 15.1 Å². The summed E-state index contributed by atoms with van der Waals surface area (Å²) in [6, 6.07) is -0.366. The third-order valence-corrected chi connectivity index (χ3v) is 3.51. The minimum atomic E-state index is -0.324. The van der Waals surface area contributed by atoms with Gasteiger partial charge in [0.1, 0.15) is 0 Å². The van der Waals surface area contributed by atoms with Gasteiger partial charge in [-0.25, -0.2) is 0 Å². The van der Waals surface area contributed by atoms with Gasteiger partial charge in [-0.2, -0.15) is 0 Å². The Kier molecular flexibility index (Phi) is 6.45. The van der Waals surface area contributed by atoms with Crippen molar-refractivity contribution in [3.8, 4) is 0 Å². The first-order valence-electron chi connectivity index (χ1n) is 7.32. The highest BCUT2D eigenvalue weighted by Crippen LogP contribution is 2.15. The predicted molar refractivity (Wildman–Crippen MR) is 75.8 cm³/mol. The molecule has 1 N–H and O–H groups in total. The number of likely N-dealkylation sites (N-methyl/N-ethyl adjacent to an activating group) is 1. The quantitative estimate of drug-likeness (QED) is 0.664. The van der Waals surface area contributed by atoms with Gasteiger partial charge in [0.05, 0.1) is 12.5 Å². The number of hydrogen-bond acceptors (Lipinski definition) is 4. The van der Waals surface area contributed by atoms with Gasteiger partial charge < -0.3 is 10.2 Å². The van der Waals surface area contributed by atoms with Gasteiger partial charge in [0.15, 0.2) is 0 Å². The highest BCUT2D eigenvalue weighted by atomic mass is 16.2. The molecule has 0 saturated carbocycles. The summed E-state index contributed by atoms with van der Waals surface area (Å²) in [6.45, 7) is 11.8. The lowest BCUT2D eigenvalue weighted by molar-refractivity contribution is -0.140. The van der Waals surface area contributed by atoms with E-state index in [0.717, 1.165) is 32.6 Å². The van der Waals surface area contributed by atoms with E-state index >= 15 is 0 Å². The Bertz CT molecular complexity index is 318. The molecule has 5 nitrogen and oxygen atoms in total. The van der Waals surface area contributed by atoms with Gasteiger partial charge in [-0.05, 0) is 33.4 Å². The molecule has 5 heteroatoms. The number of likely N-dealkylation sites (tertiary alicyclic amines) is 1. The summed E-state index contributed by atoms with van der Waals surface area (Å²) in [7, 11) is 0. The summed E-state index contributed by atoms with van der Waals surface area (Å²) < 4.78 is 0. The molecule has 0 aliphatic carbocycles. The Morgan fingerprint density at radius 1 is 1.32 bits per heavy atom. The van der Waals surface area contributed by atoms with Crippen molar-refractivity contribution in [3.05, 3.63) is 0 Å². The third-order valence-electron chi connectivity index (χ3n) is 3.51. The molecule has 1 rings (SSSR count). The minimum absolute atomic E-state index is 0.0426. The topological polar surface area (TPSA) is 52.7 Å². The molecular formula is C14H27N3O2. The zero-order valence-corrected chi connectivity index (χ0v) is 12.6. The molecule has 2 amide bonds. The van der Waals surface area contributed by atoms with Crippen LogP contribution in [0.5, 0.6) is 0 Å². The molecule has 1 saturated heterocycles. The molecule has 110 valence electrons. The lowest BCUT2D eigenvalue weighted by Gasteiger charge is -2.21. The molecule has 0 aromatic rings. The average Bonchev–Trinajstić information content (AvgIpc) is 2.63. The monoisotopic (exact) mass is 269 g/mol. The molecule has 19 heavy (non-hydrogen) atoms. The molecule has 0 aromatic heterocycles. The van der Waals surface area contributed by atoms with E-state index in [0.29, 0.717) is 6.42 Å². The lowest BCUT2D eigenvalue weighted by atomic mass is 10.2. The van der Waals surface area contributed by atoms with Crippen LogP contribution >= 0.6 is 0 Å². The zero-order chi connectivity index (χ0) is 14.4. The maximum atomic E-state index is 12.1. The van der Waals surface area contributed by atoms with Gasteiger partial charge in [-0.1, -0.05) is 13.8 Å². The number of carbonyl (C=O) groups excluding carboxylic acids is 2. The van der Waals surface area contributed by atoms with Gasteiger partial charge in [0, 0.05) is 19.1 Å². The van der Waals surface area contributed by atoms with Crippen LogP contribution in [0.2, 0.25) is 0 Å². The van der Waals surface area contributed by atoms with E-state index in [1.165, 1.54) is 4.90 Å². The van der Waals surface area contributed by atoms with Gasteiger partial charge in [-0.15, -0.1) is 0 Å². The highest BCUT2D eigenvalue weighted by Gasteiger charge is 2.39. The van der Waals surface area contributed by atoms with E-state index in [2.05, 4.69) is 24.1 Å². The van der Waals surface area contributed by atoms with Crippen LogP contribution in [0.4, 0.5) is 0 Å². The first-order chi connectivity index (χ1) is 9.01. The molecule has 1 atom stereocenters. The molecule has 0 radical (unpaired) electrons. The SMILES string of the molecule is CCCN(CC)CCNC1CC(=O)N(C(C)C)C1=O. The maximum Gasteiger partial charge on any atom is 0.247 e. The molecule has 1 fully saturated rings. The molecule has 1 heterocycles. The first-order valence-corrected chi connectivity index (χ1v) is 7.32. The number of amides is 2. The number of nitrogens with one attached hydrogen (secondary N) is 1. The second kappa shape index (κ2) is 7.60. The van der Waals surface area contributed by atoms with Crippen LogP contribution in [-0.4, -0.2) is 59.9 Å². The second-order valence-electron chi connectivity index (χ2n) is 5.34. The van der Waals surface area contributed by atoms with Crippen molar-refractivity contribution in [2.45, 2.75) is 52.6 Å². The summed E-state index contributed by atoms with van der Waals surface area (Å²) in [5.74, 6) is -0.128. The van der Waals surface area contributed by atoms with Crippen LogP contribution in [0.25, 0.3) is 0 Å². The summed E-state index contributed by atoms with van der Waals surface area (Å²) in [4.78, 5) is 27.5. The Balaban J connectivity index is 2.38. The number of imide groups is 1. The van der Waals surface area contributed by atoms with E-state index < -0.39 is 0 Å². The van der Waals surface area contributed by atoms with Gasteiger partial charge in [-0.3, -0.25) is 14.5 Å². The minimum Gasteiger partial charge on any atom is -0.304 e. The third kappa shape index (κ3) is 4.28. The Hall–Kier alpha value is -0.940. The fourth-order valence-electron chi connectivity index (χ4n) is 2.49. The Morgan fingerprint density at radius 3 is 2.47 bits per heavy atom. The molecule has 0 aromatic carbocycles. The smallest absolute Gasteiger partial charge is 0.247 e. The van der Waals surface area contributed by atoms with Crippen LogP contribution in [0.15, 0.2) is 0 Å². The largest absolute Gasteiger partial charge is 0.304 e. The number of carbonyl (C=O) groups is 2. The number of rotatable bonds is 8. The van der Waals surface area contributed by atoms with E-state index in [-0.39, 0.29) is 23.9 Å². The van der Waals surface area contributed by atoms with Crippen molar-refractivity contribution in [3.63, 3.8) is 0 Å². The zero-order valence-electron chi connectivity index (χ0n) is 12.6. The van der Waals surface area contributed by atoms with Crippen LogP contribution in [-0.2, 0) is 9.59 Å². The summed E-state index contributed by atoms with van der Waals surface area (Å²) in [5.41, 5.74) is 0. The van der Waals surface area contributed by atoms with E-state index in [4.69, 9.17) is 0 Å². The number of hydrogen-bond donors (Lipinski definition) is 1. The molecule has 0 spiro atoms. The summed E-state index contributed by atoms with van der Waals surface area (Å²) in [6.07, 6.45) is 1.44. The predicted octanol–water partition coefficient (Wildman–Crippen LogP) is 0.844. The number of nitrogens with zero attached hydrogens (tertiary/aromatic N) is 2. The van der Waals surface area contributed by atoms with Crippen LogP contribution in [0.3, 0.4) is 0 Å². The van der Waals surface area contributed by atoms with E-state index in [1.54, 1.807) is 0 Å². The van der Waals surface area contributed by atoms with Crippen molar-refractivity contribution < 1.29 is 9.59 Å². The molecular weight excluding hydrogens is 242 g/mol. The summed E-state index contributed by atoms with van der Waals surface area (Å²) >= 11 is 0. The molecule has 0 bridgehead atoms. The fourth-order valence-corrected chi connectivity index (χ4v) is 2.49. The molecule has 1 aliphatic heterocycles. The Morgan fingerprint density at radius 2 is 2.00 bits per heavy atom. The first kappa shape index (κ1) is 16.1. The normalized spacial score (nSPS) is 20.1. The average molecular weight is 269 g/mol. The van der Waals surface area contributed by atoms with Crippen LogP contribution in [0.1, 0.15) is 40.5 Å². The van der Waals surface area contributed by atoms with Crippen molar-refractivity contribution in [2.24, 2.45) is 0 Å². The van der Waals surface area contributed by atoms with E-state index in [1.807, 2.05) is 13.8 Å². The Labute approximate surface area is 116 Å². The van der Waals surface area contributed by atoms with Crippen molar-refractivity contribution in [1.29, 1.82) is 0 Å². The van der Waals surface area contributed by atoms with Gasteiger partial charge in [0.2, 0.25) is 11.8 Å². The maximum absolute atomic E-state index is 12.1. The van der Waals surface area contributed by atoms with Crippen molar-refractivity contribution in [2.75, 3.05) is 26.2 Å².